The van der Waals surface area contributed by atoms with E-state index in [1.165, 1.54) is 6.20 Å². The summed E-state index contributed by atoms with van der Waals surface area (Å²) in [5.74, 6) is 1.11. The van der Waals surface area contributed by atoms with Crippen LogP contribution < -0.4 is 4.90 Å². The molecule has 0 spiro atoms. The molecule has 0 N–H and O–H groups in total. The highest BCUT2D eigenvalue weighted by Crippen LogP contribution is 2.43. The number of aromatic nitrogens is 2. The van der Waals surface area contributed by atoms with Crippen molar-refractivity contribution in [3.05, 3.63) is 54.8 Å². The van der Waals surface area contributed by atoms with Gasteiger partial charge in [-0.05, 0) is 38.0 Å². The Labute approximate surface area is 153 Å². The van der Waals surface area contributed by atoms with E-state index in [2.05, 4.69) is 26.5 Å². The molecule has 0 unspecified atom stereocenters. The van der Waals surface area contributed by atoms with Crippen molar-refractivity contribution < 1.29 is 4.79 Å². The Hall–Kier alpha value is -3.15. The molecule has 1 aromatic heterocycles. The second-order valence-electron chi connectivity index (χ2n) is 6.57. The zero-order valence-electron chi connectivity index (χ0n) is 15.4. The second-order valence-corrected chi connectivity index (χ2v) is 6.57. The molecule has 0 bridgehead atoms. The topological polar surface area (TPSA) is 70.8 Å². The van der Waals surface area contributed by atoms with Crippen molar-refractivity contribution in [3.8, 4) is 11.1 Å². The van der Waals surface area contributed by atoms with Crippen LogP contribution in [-0.2, 0) is 10.2 Å². The van der Waals surface area contributed by atoms with Crippen molar-refractivity contribution in [2.24, 2.45) is 9.98 Å². The van der Waals surface area contributed by atoms with Crippen LogP contribution in [0.1, 0.15) is 25.2 Å². The predicted octanol–water partition coefficient (Wildman–Crippen LogP) is 3.32. The fourth-order valence-corrected chi connectivity index (χ4v) is 3.06. The quantitative estimate of drug-likeness (QED) is 0.632. The smallest absolute Gasteiger partial charge is 0.242 e. The van der Waals surface area contributed by atoms with Gasteiger partial charge in [-0.1, -0.05) is 18.7 Å². The fraction of sp³-hybridized carbons (Fsp3) is 0.250. The summed E-state index contributed by atoms with van der Waals surface area (Å²) in [5.41, 5.74) is 2.91. The van der Waals surface area contributed by atoms with Gasteiger partial charge in [0.15, 0.2) is 5.84 Å². The zero-order chi connectivity index (χ0) is 18.9. The number of rotatable bonds is 3. The molecular weight excluding hydrogens is 326 g/mol. The van der Waals surface area contributed by atoms with Crippen molar-refractivity contribution in [2.75, 3.05) is 11.9 Å². The maximum atomic E-state index is 13.1. The van der Waals surface area contributed by atoms with Crippen LogP contribution in [-0.4, -0.2) is 35.0 Å². The molecule has 2 heterocycles. The van der Waals surface area contributed by atoms with Gasteiger partial charge in [-0.15, -0.1) is 0 Å². The van der Waals surface area contributed by atoms with Crippen molar-refractivity contribution in [1.29, 1.82) is 0 Å². The number of hydrogen-bond acceptors (Lipinski definition) is 5. The lowest BCUT2D eigenvalue weighted by Crippen LogP contribution is -2.41. The molecule has 1 aliphatic heterocycles. The maximum Gasteiger partial charge on any atom is 0.242 e. The molecule has 0 atom stereocenters. The normalized spacial score (nSPS) is 16.2. The number of amides is 1. The molecule has 0 saturated heterocycles. The van der Waals surface area contributed by atoms with Crippen molar-refractivity contribution in [1.82, 2.24) is 9.97 Å². The van der Waals surface area contributed by atoms with Crippen LogP contribution in [0.4, 0.5) is 5.69 Å². The highest BCUT2D eigenvalue weighted by molar-refractivity contribution is 6.44. The Morgan fingerprint density at radius 3 is 2.54 bits per heavy atom. The Balaban J connectivity index is 2.18. The molecule has 0 aliphatic carbocycles. The van der Waals surface area contributed by atoms with Gasteiger partial charge in [0.05, 0.1) is 17.3 Å². The number of anilines is 1. The van der Waals surface area contributed by atoms with Gasteiger partial charge < -0.3 is 0 Å². The zero-order valence-corrected chi connectivity index (χ0v) is 15.4. The molecule has 1 aliphatic rings. The van der Waals surface area contributed by atoms with Gasteiger partial charge in [0, 0.05) is 31.2 Å². The first-order chi connectivity index (χ1) is 12.4. The first kappa shape index (κ1) is 17.7. The molecule has 6 nitrogen and oxygen atoms in total. The Bertz CT molecular complexity index is 926. The number of carbonyl (C=O) groups excluding carboxylic acids is 1. The van der Waals surface area contributed by atoms with Crippen LogP contribution in [0, 0.1) is 6.92 Å². The van der Waals surface area contributed by atoms with E-state index in [1.54, 1.807) is 30.6 Å². The van der Waals surface area contributed by atoms with Crippen molar-refractivity contribution >= 4 is 23.6 Å². The summed E-state index contributed by atoms with van der Waals surface area (Å²) in [6, 6.07) is 5.94. The number of benzene rings is 1. The van der Waals surface area contributed by atoms with Gasteiger partial charge in [-0.3, -0.25) is 14.7 Å². The summed E-state index contributed by atoms with van der Waals surface area (Å²) in [6.07, 6.45) is 6.53. The minimum Gasteiger partial charge on any atom is -0.293 e. The van der Waals surface area contributed by atoms with Crippen LogP contribution in [0.3, 0.4) is 0 Å². The van der Waals surface area contributed by atoms with E-state index < -0.39 is 5.41 Å². The second kappa shape index (κ2) is 6.63. The van der Waals surface area contributed by atoms with E-state index in [9.17, 15) is 4.79 Å². The standard InChI is InChI=1S/C20H21N5O/c1-6-22-18(12-21-5)25-17-9-14(15-10-23-13(2)24-11-15)7-8-16(17)20(3,4)19(25)26/h6-12H,1H2,2-5H3/b21-12-,22-18+. The van der Waals surface area contributed by atoms with Crippen molar-refractivity contribution in [3.63, 3.8) is 0 Å². The summed E-state index contributed by atoms with van der Waals surface area (Å²) < 4.78 is 0. The van der Waals surface area contributed by atoms with Crippen LogP contribution in [0.25, 0.3) is 11.1 Å². The predicted molar refractivity (Wildman–Crippen MR) is 105 cm³/mol. The Kier molecular flexibility index (Phi) is 4.50. The molecule has 132 valence electrons. The van der Waals surface area contributed by atoms with Crippen LogP contribution in [0.15, 0.2) is 53.4 Å². The third kappa shape index (κ3) is 2.83. The van der Waals surface area contributed by atoms with Gasteiger partial charge in [-0.2, -0.15) is 0 Å². The van der Waals surface area contributed by atoms with E-state index in [-0.39, 0.29) is 5.91 Å². The van der Waals surface area contributed by atoms with Crippen molar-refractivity contribution in [2.45, 2.75) is 26.2 Å². The Morgan fingerprint density at radius 2 is 1.92 bits per heavy atom. The molecular formula is C20H21N5O. The molecule has 26 heavy (non-hydrogen) atoms. The van der Waals surface area contributed by atoms with E-state index >= 15 is 0 Å². The van der Waals surface area contributed by atoms with E-state index in [0.717, 1.165) is 22.4 Å². The molecule has 0 fully saturated rings. The summed E-state index contributed by atoms with van der Waals surface area (Å²) in [5, 5.41) is 0. The molecule has 6 heteroatoms. The third-order valence-electron chi connectivity index (χ3n) is 4.46. The largest absolute Gasteiger partial charge is 0.293 e. The summed E-state index contributed by atoms with van der Waals surface area (Å²) in [6.45, 7) is 9.31. The summed E-state index contributed by atoms with van der Waals surface area (Å²) >= 11 is 0. The molecule has 3 rings (SSSR count). The number of nitrogens with zero attached hydrogens (tertiary/aromatic N) is 5. The molecule has 0 saturated carbocycles. The molecule has 1 aromatic carbocycles. The SMILES string of the molecule is C=C/N=C(\C=N/C)N1C(=O)C(C)(C)c2ccc(-c3cnc(C)nc3)cc21. The van der Waals surface area contributed by atoms with Crippen LogP contribution >= 0.6 is 0 Å². The number of amidine groups is 1. The average Bonchev–Trinajstić information content (AvgIpc) is 2.81. The first-order valence-electron chi connectivity index (χ1n) is 8.29. The first-order valence-corrected chi connectivity index (χ1v) is 8.29. The molecule has 2 aromatic rings. The van der Waals surface area contributed by atoms with E-state index in [0.29, 0.717) is 11.7 Å². The van der Waals surface area contributed by atoms with Gasteiger partial charge in [0.1, 0.15) is 5.82 Å². The molecule has 0 radical (unpaired) electrons. The van der Waals surface area contributed by atoms with Gasteiger partial charge in [0.25, 0.3) is 0 Å². The summed E-state index contributed by atoms with van der Waals surface area (Å²) in [7, 11) is 1.64. The monoisotopic (exact) mass is 347 g/mol. The maximum absolute atomic E-state index is 13.1. The highest BCUT2D eigenvalue weighted by atomic mass is 16.2. The minimum atomic E-state index is -0.652. The lowest BCUT2D eigenvalue weighted by atomic mass is 9.85. The number of hydrogen-bond donors (Lipinski definition) is 0. The van der Waals surface area contributed by atoms with E-state index in [4.69, 9.17) is 0 Å². The van der Waals surface area contributed by atoms with Gasteiger partial charge in [0.2, 0.25) is 5.91 Å². The Morgan fingerprint density at radius 1 is 1.23 bits per heavy atom. The highest BCUT2D eigenvalue weighted by Gasteiger charge is 2.45. The summed E-state index contributed by atoms with van der Waals surface area (Å²) in [4.78, 5) is 31.5. The van der Waals surface area contributed by atoms with Gasteiger partial charge >= 0.3 is 0 Å². The lowest BCUT2D eigenvalue weighted by Gasteiger charge is -2.19. The van der Waals surface area contributed by atoms with Crippen LogP contribution in [0.5, 0.6) is 0 Å². The lowest BCUT2D eigenvalue weighted by molar-refractivity contribution is -0.121. The fourth-order valence-electron chi connectivity index (χ4n) is 3.06. The average molecular weight is 347 g/mol. The molecule has 1 amide bonds. The number of fused-ring (bicyclic) bond motifs is 1. The third-order valence-corrected chi connectivity index (χ3v) is 4.46. The minimum absolute atomic E-state index is 0.0506. The number of carbonyl (C=O) groups is 1. The number of aryl methyl sites for hydroxylation is 1. The van der Waals surface area contributed by atoms with Crippen LogP contribution in [0.2, 0.25) is 0 Å². The number of aliphatic imine (C=N–C) groups is 2. The van der Waals surface area contributed by atoms with Gasteiger partial charge in [-0.25, -0.2) is 15.0 Å². The van der Waals surface area contributed by atoms with E-state index in [1.807, 2.05) is 39.0 Å².